The number of benzene rings is 3. The molecule has 4 rings (SSSR count). The van der Waals surface area contributed by atoms with Crippen molar-refractivity contribution < 1.29 is 9.18 Å². The molecular weight excluding hydrogens is 423 g/mol. The van der Waals surface area contributed by atoms with Gasteiger partial charge in [0, 0.05) is 16.9 Å². The van der Waals surface area contributed by atoms with E-state index in [2.05, 4.69) is 15.5 Å². The zero-order valence-electron chi connectivity index (χ0n) is 18.0. The van der Waals surface area contributed by atoms with Crippen molar-refractivity contribution in [2.45, 2.75) is 31.2 Å². The molecule has 1 aromatic heterocycles. The van der Waals surface area contributed by atoms with Gasteiger partial charge in [-0.3, -0.25) is 9.36 Å². The first kappa shape index (κ1) is 21.8. The van der Waals surface area contributed by atoms with Gasteiger partial charge in [0.25, 0.3) is 0 Å². The highest BCUT2D eigenvalue weighted by atomic mass is 32.2. The van der Waals surface area contributed by atoms with Crippen molar-refractivity contribution in [1.82, 2.24) is 14.8 Å². The van der Waals surface area contributed by atoms with Crippen LogP contribution >= 0.6 is 11.8 Å². The number of hydrogen-bond donors (Lipinski definition) is 1. The van der Waals surface area contributed by atoms with Crippen LogP contribution in [0.25, 0.3) is 17.1 Å². The standard InChI is InChI=1S/C25H23FN4OS/c1-16-9-14-22(17(2)15-16)27-24(31)18(3)32-25-29-28-23(19-7-5-4-6-8-19)30(25)21-12-10-20(26)11-13-21/h4-15,18H,1-3H3,(H,27,31). The number of nitrogens with one attached hydrogen (secondary N) is 1. The van der Waals surface area contributed by atoms with E-state index in [1.165, 1.54) is 23.9 Å². The zero-order valence-corrected chi connectivity index (χ0v) is 18.9. The zero-order chi connectivity index (χ0) is 22.7. The van der Waals surface area contributed by atoms with Gasteiger partial charge in [0.1, 0.15) is 5.82 Å². The molecule has 0 bridgehead atoms. The Hall–Kier alpha value is -3.45. The van der Waals surface area contributed by atoms with Crippen LogP contribution in [-0.2, 0) is 4.79 Å². The number of hydrogen-bond acceptors (Lipinski definition) is 4. The summed E-state index contributed by atoms with van der Waals surface area (Å²) in [6, 6.07) is 21.7. The molecule has 0 aliphatic rings. The molecule has 0 aliphatic carbocycles. The monoisotopic (exact) mass is 446 g/mol. The van der Waals surface area contributed by atoms with Crippen LogP contribution in [0.15, 0.2) is 78.0 Å². The summed E-state index contributed by atoms with van der Waals surface area (Å²) in [6.45, 7) is 5.82. The number of thioether (sulfide) groups is 1. The molecule has 1 heterocycles. The molecule has 0 spiro atoms. The highest BCUT2D eigenvalue weighted by molar-refractivity contribution is 8.00. The molecule has 1 amide bonds. The average Bonchev–Trinajstić information content (AvgIpc) is 3.20. The van der Waals surface area contributed by atoms with Crippen molar-refractivity contribution in [2.75, 3.05) is 5.32 Å². The van der Waals surface area contributed by atoms with E-state index in [1.807, 2.05) is 73.9 Å². The van der Waals surface area contributed by atoms with Crippen LogP contribution in [0.4, 0.5) is 10.1 Å². The molecule has 1 atom stereocenters. The minimum Gasteiger partial charge on any atom is -0.325 e. The van der Waals surface area contributed by atoms with E-state index < -0.39 is 5.25 Å². The third-order valence-electron chi connectivity index (χ3n) is 5.04. The lowest BCUT2D eigenvalue weighted by Gasteiger charge is -2.15. The van der Waals surface area contributed by atoms with E-state index in [0.717, 1.165) is 28.1 Å². The molecule has 0 aliphatic heterocycles. The number of carbonyl (C=O) groups excluding carboxylic acids is 1. The Morgan fingerprint density at radius 1 is 1.00 bits per heavy atom. The summed E-state index contributed by atoms with van der Waals surface area (Å²) in [6.07, 6.45) is 0. The van der Waals surface area contributed by atoms with Crippen molar-refractivity contribution in [2.24, 2.45) is 0 Å². The molecule has 5 nitrogen and oxygen atoms in total. The van der Waals surface area contributed by atoms with E-state index >= 15 is 0 Å². The molecule has 0 fully saturated rings. The second-order valence-corrected chi connectivity index (χ2v) is 8.86. The van der Waals surface area contributed by atoms with Crippen LogP contribution in [0, 0.1) is 19.7 Å². The van der Waals surface area contributed by atoms with Crippen LogP contribution in [0.2, 0.25) is 0 Å². The highest BCUT2D eigenvalue weighted by Crippen LogP contribution is 2.31. The second-order valence-electron chi connectivity index (χ2n) is 7.55. The first-order valence-corrected chi connectivity index (χ1v) is 11.1. The normalized spacial score (nSPS) is 11.9. The summed E-state index contributed by atoms with van der Waals surface area (Å²) in [5.41, 5.74) is 4.54. The van der Waals surface area contributed by atoms with Gasteiger partial charge in [-0.1, -0.05) is 59.8 Å². The molecule has 1 unspecified atom stereocenters. The van der Waals surface area contributed by atoms with Gasteiger partial charge in [-0.05, 0) is 56.7 Å². The van der Waals surface area contributed by atoms with Crippen LogP contribution < -0.4 is 5.32 Å². The number of aromatic nitrogens is 3. The van der Waals surface area contributed by atoms with Gasteiger partial charge in [-0.2, -0.15) is 0 Å². The van der Waals surface area contributed by atoms with Gasteiger partial charge in [-0.25, -0.2) is 4.39 Å². The summed E-state index contributed by atoms with van der Waals surface area (Å²) in [7, 11) is 0. The number of rotatable bonds is 6. The highest BCUT2D eigenvalue weighted by Gasteiger charge is 2.22. The quantitative estimate of drug-likeness (QED) is 0.380. The van der Waals surface area contributed by atoms with E-state index in [0.29, 0.717) is 11.0 Å². The summed E-state index contributed by atoms with van der Waals surface area (Å²) in [5.74, 6) is 0.178. The second kappa shape index (κ2) is 9.36. The van der Waals surface area contributed by atoms with E-state index in [4.69, 9.17) is 0 Å². The van der Waals surface area contributed by atoms with Gasteiger partial charge in [0.2, 0.25) is 5.91 Å². The fourth-order valence-electron chi connectivity index (χ4n) is 3.34. The summed E-state index contributed by atoms with van der Waals surface area (Å²) in [5, 5.41) is 11.8. The number of aryl methyl sites for hydroxylation is 2. The molecule has 4 aromatic rings. The lowest BCUT2D eigenvalue weighted by atomic mass is 10.1. The topological polar surface area (TPSA) is 59.8 Å². The van der Waals surface area contributed by atoms with Gasteiger partial charge < -0.3 is 5.32 Å². The van der Waals surface area contributed by atoms with E-state index in [1.54, 1.807) is 12.1 Å². The smallest absolute Gasteiger partial charge is 0.237 e. The molecule has 1 N–H and O–H groups in total. The lowest BCUT2D eigenvalue weighted by molar-refractivity contribution is -0.115. The van der Waals surface area contributed by atoms with Crippen molar-refractivity contribution in [3.8, 4) is 17.1 Å². The summed E-state index contributed by atoms with van der Waals surface area (Å²) in [4.78, 5) is 12.9. The Balaban J connectivity index is 1.63. The van der Waals surface area contributed by atoms with Gasteiger partial charge >= 0.3 is 0 Å². The van der Waals surface area contributed by atoms with Crippen molar-refractivity contribution >= 4 is 23.4 Å². The maximum absolute atomic E-state index is 13.5. The number of amides is 1. The fourth-order valence-corrected chi connectivity index (χ4v) is 4.21. The van der Waals surface area contributed by atoms with Crippen LogP contribution in [-0.4, -0.2) is 25.9 Å². The third kappa shape index (κ3) is 4.73. The van der Waals surface area contributed by atoms with Crippen molar-refractivity contribution in [3.63, 3.8) is 0 Å². The first-order chi connectivity index (χ1) is 15.4. The molecular formula is C25H23FN4OS. The largest absolute Gasteiger partial charge is 0.325 e. The molecule has 7 heteroatoms. The van der Waals surface area contributed by atoms with Crippen LogP contribution in [0.5, 0.6) is 0 Å². The third-order valence-corrected chi connectivity index (χ3v) is 6.08. The number of anilines is 1. The number of halogens is 1. The van der Waals surface area contributed by atoms with E-state index in [9.17, 15) is 9.18 Å². The fraction of sp³-hybridized carbons (Fsp3) is 0.160. The first-order valence-electron chi connectivity index (χ1n) is 10.2. The van der Waals surface area contributed by atoms with Crippen LogP contribution in [0.3, 0.4) is 0 Å². The Morgan fingerprint density at radius 2 is 1.72 bits per heavy atom. The molecule has 162 valence electrons. The van der Waals surface area contributed by atoms with Crippen molar-refractivity contribution in [1.29, 1.82) is 0 Å². The predicted octanol–water partition coefficient (Wildman–Crippen LogP) is 5.81. The minimum atomic E-state index is -0.428. The molecule has 0 saturated carbocycles. The Bertz CT molecular complexity index is 1240. The average molecular weight is 447 g/mol. The minimum absolute atomic E-state index is 0.128. The Morgan fingerprint density at radius 3 is 2.41 bits per heavy atom. The number of carbonyl (C=O) groups is 1. The Labute approximate surface area is 190 Å². The molecule has 3 aromatic carbocycles. The maximum Gasteiger partial charge on any atom is 0.237 e. The molecule has 0 saturated heterocycles. The molecule has 0 radical (unpaired) electrons. The SMILES string of the molecule is Cc1ccc(NC(=O)C(C)Sc2nnc(-c3ccccc3)n2-c2ccc(F)cc2)c(C)c1. The summed E-state index contributed by atoms with van der Waals surface area (Å²) < 4.78 is 15.4. The lowest BCUT2D eigenvalue weighted by Crippen LogP contribution is -2.23. The summed E-state index contributed by atoms with van der Waals surface area (Å²) >= 11 is 1.30. The van der Waals surface area contributed by atoms with Gasteiger partial charge in [-0.15, -0.1) is 10.2 Å². The van der Waals surface area contributed by atoms with Crippen LogP contribution in [0.1, 0.15) is 18.1 Å². The Kier molecular flexibility index (Phi) is 6.37. The van der Waals surface area contributed by atoms with Crippen molar-refractivity contribution in [3.05, 3.63) is 89.7 Å². The molecule has 32 heavy (non-hydrogen) atoms. The van der Waals surface area contributed by atoms with Gasteiger partial charge in [0.15, 0.2) is 11.0 Å². The predicted molar refractivity (Wildman–Crippen MR) is 127 cm³/mol. The maximum atomic E-state index is 13.5. The van der Waals surface area contributed by atoms with E-state index in [-0.39, 0.29) is 11.7 Å². The number of nitrogens with zero attached hydrogens (tertiary/aromatic N) is 3. The van der Waals surface area contributed by atoms with Gasteiger partial charge in [0.05, 0.1) is 5.25 Å².